The minimum absolute atomic E-state index is 0.148. The lowest BCUT2D eigenvalue weighted by atomic mass is 9.87. The number of carbonyl (C=O) groups is 1. The summed E-state index contributed by atoms with van der Waals surface area (Å²) in [5.41, 5.74) is 0.148. The highest BCUT2D eigenvalue weighted by atomic mass is 16.4. The number of hydrogen-bond donors (Lipinski definition) is 2. The molecule has 0 amide bonds. The Morgan fingerprint density at radius 1 is 1.29 bits per heavy atom. The Morgan fingerprint density at radius 3 is 2.06 bits per heavy atom. The number of carboxylic acid groups (broad SMARTS) is 1. The molecular weight excluding hydrogens is 216 g/mol. The summed E-state index contributed by atoms with van der Waals surface area (Å²) < 4.78 is 0. The molecule has 0 aliphatic heterocycles. The summed E-state index contributed by atoms with van der Waals surface area (Å²) in [4.78, 5) is 13.3. The maximum atomic E-state index is 11.2. The molecule has 4 nitrogen and oxygen atoms in total. The Kier molecular flexibility index (Phi) is 6.13. The SMILES string of the molecule is CC(C)NC(CN(C)C(C)C(C)(C)C)C(=O)O. The molecule has 0 aliphatic rings. The van der Waals surface area contributed by atoms with Crippen LogP contribution in [0.25, 0.3) is 0 Å². The zero-order valence-electron chi connectivity index (χ0n) is 12.2. The topological polar surface area (TPSA) is 52.6 Å². The molecule has 0 aliphatic carbocycles. The van der Waals surface area contributed by atoms with E-state index in [-0.39, 0.29) is 11.5 Å². The number of rotatable bonds is 6. The summed E-state index contributed by atoms with van der Waals surface area (Å²) in [5, 5.41) is 12.2. The van der Waals surface area contributed by atoms with Crippen molar-refractivity contribution < 1.29 is 9.90 Å². The minimum Gasteiger partial charge on any atom is -0.480 e. The summed E-state index contributed by atoms with van der Waals surface area (Å²) in [7, 11) is 1.98. The molecule has 2 unspecified atom stereocenters. The van der Waals surface area contributed by atoms with E-state index >= 15 is 0 Å². The molecule has 0 saturated heterocycles. The highest BCUT2D eigenvalue weighted by Crippen LogP contribution is 2.22. The van der Waals surface area contributed by atoms with E-state index < -0.39 is 12.0 Å². The lowest BCUT2D eigenvalue weighted by molar-refractivity contribution is -0.140. The minimum atomic E-state index is -0.786. The maximum absolute atomic E-state index is 11.2. The molecule has 0 radical (unpaired) electrons. The molecular formula is C13H28N2O2. The lowest BCUT2D eigenvalue weighted by Crippen LogP contribution is -2.51. The van der Waals surface area contributed by atoms with Crippen LogP contribution in [-0.2, 0) is 4.79 Å². The van der Waals surface area contributed by atoms with E-state index in [1.165, 1.54) is 0 Å². The molecule has 17 heavy (non-hydrogen) atoms. The van der Waals surface area contributed by atoms with Crippen LogP contribution in [0.1, 0.15) is 41.5 Å². The number of aliphatic carboxylic acids is 1. The second-order valence-electron chi connectivity index (χ2n) is 6.19. The third kappa shape index (κ3) is 6.03. The van der Waals surface area contributed by atoms with Crippen molar-refractivity contribution in [1.82, 2.24) is 10.2 Å². The van der Waals surface area contributed by atoms with Crippen molar-refractivity contribution in [3.05, 3.63) is 0 Å². The van der Waals surface area contributed by atoms with E-state index in [4.69, 9.17) is 5.11 Å². The fraction of sp³-hybridized carbons (Fsp3) is 0.923. The van der Waals surface area contributed by atoms with Gasteiger partial charge in [0.1, 0.15) is 6.04 Å². The van der Waals surface area contributed by atoms with E-state index in [0.29, 0.717) is 12.6 Å². The van der Waals surface area contributed by atoms with Crippen LogP contribution in [0.3, 0.4) is 0 Å². The van der Waals surface area contributed by atoms with Crippen molar-refractivity contribution in [2.24, 2.45) is 5.41 Å². The smallest absolute Gasteiger partial charge is 0.322 e. The molecule has 0 aromatic heterocycles. The molecule has 0 spiro atoms. The Labute approximate surface area is 105 Å². The highest BCUT2D eigenvalue weighted by Gasteiger charge is 2.27. The molecule has 0 rings (SSSR count). The summed E-state index contributed by atoms with van der Waals surface area (Å²) >= 11 is 0. The van der Waals surface area contributed by atoms with Gasteiger partial charge in [0.15, 0.2) is 0 Å². The molecule has 2 atom stereocenters. The molecule has 4 heteroatoms. The average Bonchev–Trinajstić information content (AvgIpc) is 2.13. The summed E-state index contributed by atoms with van der Waals surface area (Å²) in [6.07, 6.45) is 0. The number of carboxylic acids is 1. The first kappa shape index (κ1) is 16.4. The summed E-state index contributed by atoms with van der Waals surface area (Å²) in [6.45, 7) is 13.1. The van der Waals surface area contributed by atoms with Crippen LogP contribution in [0.4, 0.5) is 0 Å². The van der Waals surface area contributed by atoms with Crippen molar-refractivity contribution in [2.45, 2.75) is 59.7 Å². The summed E-state index contributed by atoms with van der Waals surface area (Å²) in [5.74, 6) is -0.786. The first-order valence-corrected chi connectivity index (χ1v) is 6.24. The first-order valence-electron chi connectivity index (χ1n) is 6.24. The second kappa shape index (κ2) is 6.36. The van der Waals surface area contributed by atoms with Crippen LogP contribution in [0, 0.1) is 5.41 Å². The molecule has 0 aromatic carbocycles. The van der Waals surface area contributed by atoms with Crippen LogP contribution in [0.5, 0.6) is 0 Å². The van der Waals surface area contributed by atoms with E-state index in [1.807, 2.05) is 20.9 Å². The van der Waals surface area contributed by atoms with Crippen molar-refractivity contribution in [3.63, 3.8) is 0 Å². The highest BCUT2D eigenvalue weighted by molar-refractivity contribution is 5.73. The predicted molar refractivity (Wildman–Crippen MR) is 71.2 cm³/mol. The molecule has 0 bridgehead atoms. The molecule has 0 heterocycles. The first-order chi connectivity index (χ1) is 7.55. The fourth-order valence-electron chi connectivity index (χ4n) is 1.71. The number of nitrogens with zero attached hydrogens (tertiary/aromatic N) is 1. The molecule has 102 valence electrons. The Morgan fingerprint density at radius 2 is 1.76 bits per heavy atom. The molecule has 2 N–H and O–H groups in total. The standard InChI is InChI=1S/C13H28N2O2/c1-9(2)14-11(12(16)17)8-15(7)10(3)13(4,5)6/h9-11,14H,8H2,1-7H3,(H,16,17). The largest absolute Gasteiger partial charge is 0.480 e. The van der Waals surface area contributed by atoms with Gasteiger partial charge in [0.2, 0.25) is 0 Å². The van der Waals surface area contributed by atoms with Gasteiger partial charge >= 0.3 is 5.97 Å². The van der Waals surface area contributed by atoms with Gasteiger partial charge in [-0.05, 0) is 19.4 Å². The van der Waals surface area contributed by atoms with Crippen LogP contribution in [0.2, 0.25) is 0 Å². The van der Waals surface area contributed by atoms with Gasteiger partial charge in [-0.2, -0.15) is 0 Å². The fourth-order valence-corrected chi connectivity index (χ4v) is 1.71. The second-order valence-corrected chi connectivity index (χ2v) is 6.19. The van der Waals surface area contributed by atoms with Crippen LogP contribution in [-0.4, -0.2) is 47.7 Å². The average molecular weight is 244 g/mol. The number of hydrogen-bond acceptors (Lipinski definition) is 3. The number of likely N-dealkylation sites (N-methyl/N-ethyl adjacent to an activating group) is 1. The van der Waals surface area contributed by atoms with E-state index in [2.05, 4.69) is 37.9 Å². The van der Waals surface area contributed by atoms with Crippen LogP contribution < -0.4 is 5.32 Å². The van der Waals surface area contributed by atoms with E-state index in [1.54, 1.807) is 0 Å². The normalized spacial score (nSPS) is 16.3. The predicted octanol–water partition coefficient (Wildman–Crippen LogP) is 1.80. The molecule has 0 aromatic rings. The van der Waals surface area contributed by atoms with Crippen molar-refractivity contribution in [2.75, 3.05) is 13.6 Å². The third-order valence-corrected chi connectivity index (χ3v) is 3.22. The van der Waals surface area contributed by atoms with Gasteiger partial charge < -0.3 is 15.3 Å². The zero-order valence-corrected chi connectivity index (χ0v) is 12.2. The van der Waals surface area contributed by atoms with Gasteiger partial charge in [-0.25, -0.2) is 0 Å². The van der Waals surface area contributed by atoms with Gasteiger partial charge in [0.05, 0.1) is 0 Å². The van der Waals surface area contributed by atoms with Crippen molar-refractivity contribution >= 4 is 5.97 Å². The molecule has 0 fully saturated rings. The quantitative estimate of drug-likeness (QED) is 0.748. The lowest BCUT2D eigenvalue weighted by Gasteiger charge is -2.37. The monoisotopic (exact) mass is 244 g/mol. The van der Waals surface area contributed by atoms with Crippen LogP contribution in [0.15, 0.2) is 0 Å². The zero-order chi connectivity index (χ0) is 13.8. The van der Waals surface area contributed by atoms with Gasteiger partial charge in [0.25, 0.3) is 0 Å². The third-order valence-electron chi connectivity index (χ3n) is 3.22. The Hall–Kier alpha value is -0.610. The van der Waals surface area contributed by atoms with Crippen LogP contribution >= 0.6 is 0 Å². The van der Waals surface area contributed by atoms with Crippen molar-refractivity contribution in [1.29, 1.82) is 0 Å². The van der Waals surface area contributed by atoms with Crippen molar-refractivity contribution in [3.8, 4) is 0 Å². The molecule has 0 saturated carbocycles. The van der Waals surface area contributed by atoms with Gasteiger partial charge in [-0.3, -0.25) is 4.79 Å². The van der Waals surface area contributed by atoms with E-state index in [0.717, 1.165) is 0 Å². The Bertz CT molecular complexity index is 246. The maximum Gasteiger partial charge on any atom is 0.322 e. The summed E-state index contributed by atoms with van der Waals surface area (Å²) in [6, 6.07) is -0.00226. The Balaban J connectivity index is 4.50. The van der Waals surface area contributed by atoms with Gasteiger partial charge in [0, 0.05) is 18.6 Å². The van der Waals surface area contributed by atoms with E-state index in [9.17, 15) is 4.79 Å². The van der Waals surface area contributed by atoms with Gasteiger partial charge in [-0.1, -0.05) is 34.6 Å². The van der Waals surface area contributed by atoms with Gasteiger partial charge in [-0.15, -0.1) is 0 Å². The number of nitrogens with one attached hydrogen (secondary N) is 1.